The minimum absolute atomic E-state index is 0.222. The van der Waals surface area contributed by atoms with Crippen LogP contribution >= 0.6 is 0 Å². The summed E-state index contributed by atoms with van der Waals surface area (Å²) < 4.78 is 0. The fraction of sp³-hybridized carbons (Fsp3) is 0.571. The van der Waals surface area contributed by atoms with E-state index in [1.807, 2.05) is 12.1 Å². The van der Waals surface area contributed by atoms with Gasteiger partial charge in [-0.05, 0) is 32.9 Å². The lowest BCUT2D eigenvalue weighted by Crippen LogP contribution is -2.31. The molecule has 1 aromatic carbocycles. The van der Waals surface area contributed by atoms with E-state index in [4.69, 9.17) is 0 Å². The summed E-state index contributed by atoms with van der Waals surface area (Å²) >= 11 is 0. The van der Waals surface area contributed by atoms with Crippen LogP contribution in [0.15, 0.2) is 24.3 Å². The first-order valence-electron chi connectivity index (χ1n) is 6.81. The summed E-state index contributed by atoms with van der Waals surface area (Å²) in [6.45, 7) is 2.76. The van der Waals surface area contributed by atoms with Crippen LogP contribution in [0.1, 0.15) is 18.4 Å². The lowest BCUT2D eigenvalue weighted by atomic mass is 10.1. The van der Waals surface area contributed by atoms with Gasteiger partial charge in [-0.2, -0.15) is 0 Å². The monoisotopic (exact) mass is 263 g/mol. The maximum atomic E-state index is 10.9. The van der Waals surface area contributed by atoms with E-state index in [1.165, 1.54) is 12.8 Å². The largest absolute Gasteiger partial charge is 0.315 e. The summed E-state index contributed by atoms with van der Waals surface area (Å²) in [6.07, 6.45) is 3.35. The molecular formula is C14H21N3O2. The lowest BCUT2D eigenvalue weighted by Gasteiger charge is -2.15. The predicted octanol–water partition coefficient (Wildman–Crippen LogP) is 1.82. The molecule has 2 rings (SSSR count). The summed E-state index contributed by atoms with van der Waals surface area (Å²) in [6, 6.07) is 7.74. The van der Waals surface area contributed by atoms with Crippen molar-refractivity contribution in [1.82, 2.24) is 10.2 Å². The molecule has 1 aromatic rings. The quantitative estimate of drug-likeness (QED) is 0.441. The number of benzene rings is 1. The van der Waals surface area contributed by atoms with E-state index in [2.05, 4.69) is 17.3 Å². The van der Waals surface area contributed by atoms with Gasteiger partial charge < -0.3 is 10.2 Å². The summed E-state index contributed by atoms with van der Waals surface area (Å²) in [7, 11) is 2.15. The van der Waals surface area contributed by atoms with Crippen molar-refractivity contribution in [3.8, 4) is 0 Å². The zero-order valence-corrected chi connectivity index (χ0v) is 11.3. The van der Waals surface area contributed by atoms with Gasteiger partial charge in [0.15, 0.2) is 0 Å². The third kappa shape index (κ3) is 4.29. The Balaban J connectivity index is 1.69. The van der Waals surface area contributed by atoms with Crippen LogP contribution in [0.2, 0.25) is 0 Å². The average Bonchev–Trinajstić information content (AvgIpc) is 3.22. The topological polar surface area (TPSA) is 58.4 Å². The Kier molecular flexibility index (Phi) is 4.87. The van der Waals surface area contributed by atoms with Gasteiger partial charge in [0.25, 0.3) is 5.69 Å². The predicted molar refractivity (Wildman–Crippen MR) is 75.3 cm³/mol. The van der Waals surface area contributed by atoms with Crippen molar-refractivity contribution in [2.24, 2.45) is 0 Å². The highest BCUT2D eigenvalue weighted by molar-refractivity contribution is 5.39. The number of hydrogen-bond acceptors (Lipinski definition) is 4. The van der Waals surface area contributed by atoms with E-state index < -0.39 is 0 Å². The molecule has 104 valence electrons. The Hall–Kier alpha value is -1.46. The molecule has 0 atom stereocenters. The van der Waals surface area contributed by atoms with E-state index in [1.54, 1.807) is 12.1 Å². The second kappa shape index (κ2) is 6.63. The Morgan fingerprint density at radius 2 is 2.11 bits per heavy atom. The van der Waals surface area contributed by atoms with E-state index in [9.17, 15) is 10.1 Å². The van der Waals surface area contributed by atoms with Crippen molar-refractivity contribution in [2.75, 3.05) is 26.7 Å². The smallest absolute Gasteiger partial charge is 0.272 e. The van der Waals surface area contributed by atoms with Gasteiger partial charge in [-0.25, -0.2) is 0 Å². The van der Waals surface area contributed by atoms with Crippen LogP contribution in [0, 0.1) is 10.1 Å². The third-order valence-electron chi connectivity index (χ3n) is 3.57. The molecule has 0 unspecified atom stereocenters. The maximum Gasteiger partial charge on any atom is 0.272 e. The van der Waals surface area contributed by atoms with Crippen molar-refractivity contribution in [1.29, 1.82) is 0 Å². The van der Waals surface area contributed by atoms with Crippen molar-refractivity contribution >= 4 is 5.69 Å². The molecule has 0 heterocycles. The van der Waals surface area contributed by atoms with Crippen molar-refractivity contribution < 1.29 is 4.92 Å². The van der Waals surface area contributed by atoms with Crippen LogP contribution in [0.3, 0.4) is 0 Å². The number of nitro groups is 1. The Labute approximate surface area is 113 Å². The summed E-state index contributed by atoms with van der Waals surface area (Å²) in [5.74, 6) is 0. The summed E-state index contributed by atoms with van der Waals surface area (Å²) in [5, 5.41) is 14.2. The Morgan fingerprint density at radius 1 is 1.37 bits per heavy atom. The molecule has 1 aliphatic rings. The fourth-order valence-corrected chi connectivity index (χ4v) is 2.20. The highest BCUT2D eigenvalue weighted by atomic mass is 16.6. The van der Waals surface area contributed by atoms with Crippen molar-refractivity contribution in [3.63, 3.8) is 0 Å². The lowest BCUT2D eigenvalue weighted by molar-refractivity contribution is -0.385. The SMILES string of the molecule is CN(CCNCCc1ccccc1[N+](=O)[O-])C1CC1. The Bertz CT molecular complexity index is 432. The van der Waals surface area contributed by atoms with E-state index in [-0.39, 0.29) is 10.6 Å². The van der Waals surface area contributed by atoms with Gasteiger partial charge in [-0.1, -0.05) is 18.2 Å². The molecule has 0 amide bonds. The Morgan fingerprint density at radius 3 is 2.79 bits per heavy atom. The molecular weight excluding hydrogens is 242 g/mol. The van der Waals surface area contributed by atoms with Gasteiger partial charge in [0.05, 0.1) is 4.92 Å². The highest BCUT2D eigenvalue weighted by Gasteiger charge is 2.25. The number of nitrogens with zero attached hydrogens (tertiary/aromatic N) is 2. The van der Waals surface area contributed by atoms with E-state index in [0.29, 0.717) is 6.42 Å². The number of nitrogens with one attached hydrogen (secondary N) is 1. The minimum Gasteiger partial charge on any atom is -0.315 e. The molecule has 1 N–H and O–H groups in total. The molecule has 1 saturated carbocycles. The molecule has 0 aliphatic heterocycles. The van der Waals surface area contributed by atoms with Gasteiger partial charge in [0, 0.05) is 30.8 Å². The van der Waals surface area contributed by atoms with Crippen LogP contribution in [-0.2, 0) is 6.42 Å². The first-order valence-corrected chi connectivity index (χ1v) is 6.81. The van der Waals surface area contributed by atoms with Crippen LogP contribution in [0.5, 0.6) is 0 Å². The van der Waals surface area contributed by atoms with Gasteiger partial charge in [-0.15, -0.1) is 0 Å². The zero-order chi connectivity index (χ0) is 13.7. The van der Waals surface area contributed by atoms with Gasteiger partial charge in [-0.3, -0.25) is 10.1 Å². The minimum atomic E-state index is -0.309. The molecule has 0 radical (unpaired) electrons. The van der Waals surface area contributed by atoms with Gasteiger partial charge in [0.2, 0.25) is 0 Å². The van der Waals surface area contributed by atoms with Crippen LogP contribution < -0.4 is 5.32 Å². The fourth-order valence-electron chi connectivity index (χ4n) is 2.20. The molecule has 0 aromatic heterocycles. The molecule has 1 fully saturated rings. The average molecular weight is 263 g/mol. The van der Waals surface area contributed by atoms with Crippen molar-refractivity contribution in [2.45, 2.75) is 25.3 Å². The highest BCUT2D eigenvalue weighted by Crippen LogP contribution is 2.24. The normalized spacial score (nSPS) is 14.8. The molecule has 0 saturated heterocycles. The number of rotatable bonds is 8. The van der Waals surface area contributed by atoms with Crippen molar-refractivity contribution in [3.05, 3.63) is 39.9 Å². The number of para-hydroxylation sites is 1. The van der Waals surface area contributed by atoms with Crippen LogP contribution in [0.4, 0.5) is 5.69 Å². The summed E-state index contributed by atoms with van der Waals surface area (Å²) in [4.78, 5) is 12.9. The van der Waals surface area contributed by atoms with E-state index >= 15 is 0 Å². The zero-order valence-electron chi connectivity index (χ0n) is 11.3. The molecule has 1 aliphatic carbocycles. The van der Waals surface area contributed by atoms with Crippen LogP contribution in [0.25, 0.3) is 0 Å². The molecule has 19 heavy (non-hydrogen) atoms. The first-order chi connectivity index (χ1) is 9.18. The maximum absolute atomic E-state index is 10.9. The third-order valence-corrected chi connectivity index (χ3v) is 3.57. The van der Waals surface area contributed by atoms with Gasteiger partial charge >= 0.3 is 0 Å². The molecule has 5 nitrogen and oxygen atoms in total. The standard InChI is InChI=1S/C14H21N3O2/c1-16(13-6-7-13)11-10-15-9-8-12-4-2-3-5-14(12)17(18)19/h2-5,13,15H,6-11H2,1H3. The number of hydrogen-bond donors (Lipinski definition) is 1. The molecule has 5 heteroatoms. The second-order valence-electron chi connectivity index (χ2n) is 5.10. The van der Waals surface area contributed by atoms with Gasteiger partial charge in [0.1, 0.15) is 0 Å². The summed E-state index contributed by atoms with van der Waals surface area (Å²) in [5.41, 5.74) is 1.02. The van der Waals surface area contributed by atoms with Crippen LogP contribution in [-0.4, -0.2) is 42.5 Å². The second-order valence-corrected chi connectivity index (χ2v) is 5.10. The van der Waals surface area contributed by atoms with E-state index in [0.717, 1.165) is 31.2 Å². The number of likely N-dealkylation sites (N-methyl/N-ethyl adjacent to an activating group) is 1. The number of nitro benzene ring substituents is 1. The first kappa shape index (κ1) is 14.0. The molecule has 0 bridgehead atoms. The molecule has 0 spiro atoms.